The van der Waals surface area contributed by atoms with Gasteiger partial charge in [0.15, 0.2) is 18.9 Å². The lowest BCUT2D eigenvalue weighted by atomic mass is 9.92. The van der Waals surface area contributed by atoms with E-state index in [4.69, 9.17) is 0 Å². The molecule has 0 bridgehead atoms. The van der Waals surface area contributed by atoms with Crippen LogP contribution in [0.25, 0.3) is 21.5 Å². The molecule has 0 saturated heterocycles. The van der Waals surface area contributed by atoms with Crippen LogP contribution < -0.4 is 0 Å². The number of hydrogen-bond donors (Lipinski definition) is 0. The molecule has 0 amide bonds. The van der Waals surface area contributed by atoms with Crippen molar-refractivity contribution >= 4 is 40.4 Å². The lowest BCUT2D eigenvalue weighted by molar-refractivity contribution is 0.108. The van der Waals surface area contributed by atoms with Crippen molar-refractivity contribution in [3.8, 4) is 0 Å². The topological polar surface area (TPSA) is 51.2 Å². The zero-order valence-corrected chi connectivity index (χ0v) is 10.5. The van der Waals surface area contributed by atoms with Crippen molar-refractivity contribution in [2.45, 2.75) is 0 Å². The van der Waals surface area contributed by atoms with E-state index in [-0.39, 0.29) is 16.7 Å². The van der Waals surface area contributed by atoms with Crippen molar-refractivity contribution < 1.29 is 14.4 Å². The monoisotopic (exact) mass is 262 g/mol. The van der Waals surface area contributed by atoms with Gasteiger partial charge in [0.25, 0.3) is 0 Å². The third-order valence-corrected chi connectivity index (χ3v) is 3.52. The molecule has 0 N–H and O–H groups in total. The van der Waals surface area contributed by atoms with Gasteiger partial charge in [-0.05, 0) is 27.6 Å². The van der Waals surface area contributed by atoms with Crippen LogP contribution in [0.15, 0.2) is 42.5 Å². The second-order valence-corrected chi connectivity index (χ2v) is 4.53. The first-order valence-corrected chi connectivity index (χ1v) is 6.14. The van der Waals surface area contributed by atoms with Crippen LogP contribution in [0.1, 0.15) is 31.1 Å². The molecule has 3 rings (SSSR count). The van der Waals surface area contributed by atoms with Crippen LogP contribution in [0.5, 0.6) is 0 Å². The van der Waals surface area contributed by atoms with E-state index in [2.05, 4.69) is 0 Å². The third-order valence-electron chi connectivity index (χ3n) is 3.52. The zero-order chi connectivity index (χ0) is 14.1. The Hall–Kier alpha value is -2.81. The van der Waals surface area contributed by atoms with Gasteiger partial charge in [-0.15, -0.1) is 0 Å². The first-order valence-electron chi connectivity index (χ1n) is 6.14. The highest BCUT2D eigenvalue weighted by molar-refractivity contribution is 6.17. The predicted molar refractivity (Wildman–Crippen MR) is 77.6 cm³/mol. The minimum Gasteiger partial charge on any atom is -0.298 e. The van der Waals surface area contributed by atoms with E-state index in [1.807, 2.05) is 36.4 Å². The van der Waals surface area contributed by atoms with Crippen molar-refractivity contribution in [2.75, 3.05) is 0 Å². The van der Waals surface area contributed by atoms with Gasteiger partial charge >= 0.3 is 0 Å². The van der Waals surface area contributed by atoms with Gasteiger partial charge in [0.05, 0.1) is 0 Å². The van der Waals surface area contributed by atoms with Crippen molar-refractivity contribution in [2.24, 2.45) is 0 Å². The summed E-state index contributed by atoms with van der Waals surface area (Å²) in [5.41, 5.74) is 0.661. The van der Waals surface area contributed by atoms with Gasteiger partial charge in [0, 0.05) is 16.7 Å². The van der Waals surface area contributed by atoms with Crippen molar-refractivity contribution in [3.05, 3.63) is 59.2 Å². The molecule has 20 heavy (non-hydrogen) atoms. The van der Waals surface area contributed by atoms with Gasteiger partial charge in [-0.3, -0.25) is 14.4 Å². The summed E-state index contributed by atoms with van der Waals surface area (Å²) in [6.45, 7) is 0. The summed E-state index contributed by atoms with van der Waals surface area (Å²) in [7, 11) is 0. The quantitative estimate of drug-likeness (QED) is 0.536. The van der Waals surface area contributed by atoms with Crippen LogP contribution in [0, 0.1) is 0 Å². The highest BCUT2D eigenvalue weighted by Gasteiger charge is 2.13. The predicted octanol–water partition coefficient (Wildman–Crippen LogP) is 3.43. The fraction of sp³-hybridized carbons (Fsp3) is 0. The number of benzene rings is 3. The maximum atomic E-state index is 11.3. The Morgan fingerprint density at radius 1 is 0.650 bits per heavy atom. The molecule has 0 aliphatic rings. The smallest absolute Gasteiger partial charge is 0.151 e. The molecular formula is C17H10O3. The second-order valence-electron chi connectivity index (χ2n) is 4.53. The average molecular weight is 262 g/mol. The Kier molecular flexibility index (Phi) is 2.88. The molecule has 3 heteroatoms. The molecule has 0 unspecified atom stereocenters. The highest BCUT2D eigenvalue weighted by Crippen LogP contribution is 2.30. The number of carbonyl (C=O) groups excluding carboxylic acids is 3. The molecule has 0 aliphatic carbocycles. The first-order chi connectivity index (χ1) is 9.80. The second kappa shape index (κ2) is 4.70. The summed E-state index contributed by atoms with van der Waals surface area (Å²) in [5, 5.41) is 3.46. The molecule has 0 saturated carbocycles. The Morgan fingerprint density at radius 3 is 2.10 bits per heavy atom. The van der Waals surface area contributed by atoms with Crippen molar-refractivity contribution in [3.63, 3.8) is 0 Å². The van der Waals surface area contributed by atoms with Crippen LogP contribution in [0.3, 0.4) is 0 Å². The average Bonchev–Trinajstić information content (AvgIpc) is 2.52. The van der Waals surface area contributed by atoms with Crippen LogP contribution >= 0.6 is 0 Å². The summed E-state index contributed by atoms with van der Waals surface area (Å²) in [5.74, 6) is 0. The molecule has 0 aliphatic heterocycles. The SMILES string of the molecule is O=Cc1cc2c(ccc3ccccc32)c(C=O)c1C=O. The number of hydrogen-bond acceptors (Lipinski definition) is 3. The molecule has 0 atom stereocenters. The lowest BCUT2D eigenvalue weighted by Crippen LogP contribution is -1.99. The molecule has 3 aromatic carbocycles. The fourth-order valence-electron chi connectivity index (χ4n) is 2.58. The minimum atomic E-state index is 0.151. The van der Waals surface area contributed by atoms with Crippen molar-refractivity contribution in [1.29, 1.82) is 0 Å². The van der Waals surface area contributed by atoms with E-state index >= 15 is 0 Å². The highest BCUT2D eigenvalue weighted by atomic mass is 16.1. The fourth-order valence-corrected chi connectivity index (χ4v) is 2.58. The van der Waals surface area contributed by atoms with E-state index in [0.29, 0.717) is 24.2 Å². The lowest BCUT2D eigenvalue weighted by Gasteiger charge is -2.09. The Bertz CT molecular complexity index is 863. The number of rotatable bonds is 3. The number of fused-ring (bicyclic) bond motifs is 3. The summed E-state index contributed by atoms with van der Waals surface area (Å²) >= 11 is 0. The maximum Gasteiger partial charge on any atom is 0.151 e. The Labute approximate surface area is 114 Å². The number of aldehydes is 3. The van der Waals surface area contributed by atoms with Gasteiger partial charge in [0.1, 0.15) is 0 Å². The van der Waals surface area contributed by atoms with Gasteiger partial charge in [-0.2, -0.15) is 0 Å². The van der Waals surface area contributed by atoms with E-state index in [1.54, 1.807) is 6.07 Å². The van der Waals surface area contributed by atoms with E-state index in [0.717, 1.165) is 16.2 Å². The molecule has 0 heterocycles. The minimum absolute atomic E-state index is 0.151. The van der Waals surface area contributed by atoms with Crippen LogP contribution in [0.2, 0.25) is 0 Å². The summed E-state index contributed by atoms with van der Waals surface area (Å²) < 4.78 is 0. The molecule has 3 aromatic rings. The third kappa shape index (κ3) is 1.64. The molecule has 96 valence electrons. The zero-order valence-electron chi connectivity index (χ0n) is 10.5. The standard InChI is InChI=1S/C17H10O3/c18-8-12-7-15-13-4-2-1-3-11(13)5-6-14(15)17(10-20)16(12)9-19/h1-10H. The molecule has 0 spiro atoms. The molecule has 0 fully saturated rings. The van der Waals surface area contributed by atoms with Gasteiger partial charge in [-0.25, -0.2) is 0 Å². The van der Waals surface area contributed by atoms with E-state index in [1.165, 1.54) is 0 Å². The van der Waals surface area contributed by atoms with E-state index in [9.17, 15) is 14.4 Å². The Balaban J connectivity index is 2.60. The Morgan fingerprint density at radius 2 is 1.40 bits per heavy atom. The van der Waals surface area contributed by atoms with Gasteiger partial charge in [0.2, 0.25) is 0 Å². The van der Waals surface area contributed by atoms with E-state index < -0.39 is 0 Å². The molecule has 3 nitrogen and oxygen atoms in total. The van der Waals surface area contributed by atoms with Gasteiger partial charge in [-0.1, -0.05) is 36.4 Å². The van der Waals surface area contributed by atoms with Crippen LogP contribution in [-0.4, -0.2) is 18.9 Å². The summed E-state index contributed by atoms with van der Waals surface area (Å²) in [4.78, 5) is 33.6. The van der Waals surface area contributed by atoms with Gasteiger partial charge < -0.3 is 0 Å². The van der Waals surface area contributed by atoms with Crippen molar-refractivity contribution in [1.82, 2.24) is 0 Å². The summed E-state index contributed by atoms with van der Waals surface area (Å²) in [6.07, 6.45) is 1.80. The molecule has 0 radical (unpaired) electrons. The largest absolute Gasteiger partial charge is 0.298 e. The molecule has 0 aromatic heterocycles. The number of carbonyl (C=O) groups is 3. The molecular weight excluding hydrogens is 252 g/mol. The maximum absolute atomic E-state index is 11.3. The van der Waals surface area contributed by atoms with Crippen LogP contribution in [-0.2, 0) is 0 Å². The normalized spacial score (nSPS) is 10.6. The first kappa shape index (κ1) is 12.2. The summed E-state index contributed by atoms with van der Waals surface area (Å²) in [6, 6.07) is 13.1. The van der Waals surface area contributed by atoms with Crippen LogP contribution in [0.4, 0.5) is 0 Å².